The summed E-state index contributed by atoms with van der Waals surface area (Å²) in [7, 11) is 1.53. The fourth-order valence-corrected chi connectivity index (χ4v) is 1.19. The van der Waals surface area contributed by atoms with Crippen LogP contribution in [0.1, 0.15) is 20.8 Å². The number of carbonyl (C=O) groups is 1. The van der Waals surface area contributed by atoms with E-state index < -0.39 is 11.7 Å². The van der Waals surface area contributed by atoms with Gasteiger partial charge in [0.05, 0.1) is 0 Å². The minimum absolute atomic E-state index is 0.163. The number of carbonyl (C=O) groups excluding carboxylic acids is 1. The molecule has 0 radical (unpaired) electrons. The fraction of sp³-hybridized carbons (Fsp3) is 0.500. The quantitative estimate of drug-likeness (QED) is 0.761. The number of anilines is 1. The zero-order valence-corrected chi connectivity index (χ0v) is 10.4. The van der Waals surface area contributed by atoms with Gasteiger partial charge in [0.2, 0.25) is 0 Å². The molecule has 1 aromatic heterocycles. The monoisotopic (exact) mass is 243 g/mol. The maximum absolute atomic E-state index is 11.7. The molecule has 1 amide bonds. The Balaban J connectivity index is 2.83. The molecule has 0 spiro atoms. The molecule has 16 heavy (non-hydrogen) atoms. The first kappa shape index (κ1) is 12.7. The van der Waals surface area contributed by atoms with Crippen molar-refractivity contribution in [2.24, 2.45) is 0 Å². The van der Waals surface area contributed by atoms with Crippen LogP contribution in [0.3, 0.4) is 0 Å². The van der Waals surface area contributed by atoms with Crippen LogP contribution >= 0.6 is 11.6 Å². The second kappa shape index (κ2) is 4.65. The highest BCUT2D eigenvalue weighted by Gasteiger charge is 2.22. The number of amides is 1. The summed E-state index contributed by atoms with van der Waals surface area (Å²) in [5.41, 5.74) is -0.556. The Labute approximate surface area is 99.4 Å². The lowest BCUT2D eigenvalue weighted by molar-refractivity contribution is 0.0588. The number of nitrogens with zero attached hydrogens (tertiary/aromatic N) is 3. The Morgan fingerprint density at radius 3 is 2.44 bits per heavy atom. The van der Waals surface area contributed by atoms with E-state index in [0.717, 1.165) is 0 Å². The van der Waals surface area contributed by atoms with E-state index in [1.165, 1.54) is 24.3 Å². The van der Waals surface area contributed by atoms with Crippen molar-refractivity contribution in [3.8, 4) is 0 Å². The van der Waals surface area contributed by atoms with E-state index in [1.807, 2.05) is 0 Å². The summed E-state index contributed by atoms with van der Waals surface area (Å²) >= 11 is 5.81. The molecule has 0 aliphatic carbocycles. The third kappa shape index (κ3) is 3.34. The maximum Gasteiger partial charge on any atom is 0.415 e. The molecule has 88 valence electrons. The van der Waals surface area contributed by atoms with Crippen LogP contribution in [-0.4, -0.2) is 28.7 Å². The second-order valence-corrected chi connectivity index (χ2v) is 4.57. The number of hydrogen-bond acceptors (Lipinski definition) is 4. The normalized spacial score (nSPS) is 11.1. The Hall–Kier alpha value is -1.36. The van der Waals surface area contributed by atoms with Crippen molar-refractivity contribution >= 4 is 23.5 Å². The van der Waals surface area contributed by atoms with Gasteiger partial charge in [-0.2, -0.15) is 0 Å². The molecule has 0 aliphatic rings. The van der Waals surface area contributed by atoms with Gasteiger partial charge in [-0.15, -0.1) is 0 Å². The van der Waals surface area contributed by atoms with Crippen LogP contribution in [0, 0.1) is 0 Å². The molecule has 0 aliphatic heterocycles. The average molecular weight is 244 g/mol. The molecule has 1 aromatic rings. The van der Waals surface area contributed by atoms with Crippen LogP contribution in [0.5, 0.6) is 0 Å². The maximum atomic E-state index is 11.7. The third-order valence-corrected chi connectivity index (χ3v) is 1.89. The predicted molar refractivity (Wildman–Crippen MR) is 61.7 cm³/mol. The summed E-state index contributed by atoms with van der Waals surface area (Å²) in [5.74, 6) is 0.276. The van der Waals surface area contributed by atoms with E-state index in [1.54, 1.807) is 20.8 Å². The summed E-state index contributed by atoms with van der Waals surface area (Å²) in [6.45, 7) is 5.37. The average Bonchev–Trinajstić information content (AvgIpc) is 2.15. The molecule has 0 saturated heterocycles. The van der Waals surface area contributed by atoms with Gasteiger partial charge in [0.15, 0.2) is 11.0 Å². The van der Waals surface area contributed by atoms with E-state index in [9.17, 15) is 4.79 Å². The van der Waals surface area contributed by atoms with Gasteiger partial charge in [-0.25, -0.2) is 14.8 Å². The summed E-state index contributed by atoms with van der Waals surface area (Å²) in [6, 6.07) is 0. The van der Waals surface area contributed by atoms with E-state index in [4.69, 9.17) is 16.3 Å². The molecule has 1 heterocycles. The third-order valence-electron chi connectivity index (χ3n) is 1.62. The zero-order chi connectivity index (χ0) is 12.3. The lowest BCUT2D eigenvalue weighted by Gasteiger charge is -2.24. The van der Waals surface area contributed by atoms with E-state index >= 15 is 0 Å². The molecule has 0 fully saturated rings. The van der Waals surface area contributed by atoms with Crippen molar-refractivity contribution in [3.63, 3.8) is 0 Å². The first-order valence-electron chi connectivity index (χ1n) is 4.74. The van der Waals surface area contributed by atoms with Crippen LogP contribution in [0.2, 0.25) is 5.15 Å². The van der Waals surface area contributed by atoms with Crippen molar-refractivity contribution in [2.75, 3.05) is 11.9 Å². The van der Waals surface area contributed by atoms with E-state index in [0.29, 0.717) is 0 Å². The van der Waals surface area contributed by atoms with Gasteiger partial charge >= 0.3 is 6.09 Å². The van der Waals surface area contributed by atoms with Crippen LogP contribution in [-0.2, 0) is 4.74 Å². The van der Waals surface area contributed by atoms with E-state index in [-0.39, 0.29) is 11.0 Å². The molecule has 0 bridgehead atoms. The summed E-state index contributed by atoms with van der Waals surface area (Å²) < 4.78 is 5.17. The van der Waals surface area contributed by atoms with Crippen molar-refractivity contribution in [2.45, 2.75) is 26.4 Å². The molecule has 6 heteroatoms. The molecule has 0 atom stereocenters. The summed E-state index contributed by atoms with van der Waals surface area (Å²) in [5, 5.41) is 0.163. The topological polar surface area (TPSA) is 55.3 Å². The Bertz CT molecular complexity index is 390. The van der Waals surface area contributed by atoms with Crippen molar-refractivity contribution in [1.82, 2.24) is 9.97 Å². The highest BCUT2D eigenvalue weighted by Crippen LogP contribution is 2.20. The molecular formula is C10H14ClN3O2. The van der Waals surface area contributed by atoms with E-state index in [2.05, 4.69) is 9.97 Å². The SMILES string of the molecule is CN(C(=O)OC(C)(C)C)c1nccnc1Cl. The number of rotatable bonds is 1. The number of hydrogen-bond donors (Lipinski definition) is 0. The van der Waals surface area contributed by atoms with Gasteiger partial charge in [0.1, 0.15) is 5.60 Å². The van der Waals surface area contributed by atoms with Gasteiger partial charge in [-0.3, -0.25) is 4.90 Å². The molecule has 0 saturated carbocycles. The Morgan fingerprint density at radius 1 is 1.38 bits per heavy atom. The molecule has 0 N–H and O–H groups in total. The first-order chi connectivity index (χ1) is 7.31. The van der Waals surface area contributed by atoms with Crippen LogP contribution in [0.25, 0.3) is 0 Å². The second-order valence-electron chi connectivity index (χ2n) is 4.21. The molecule has 5 nitrogen and oxygen atoms in total. The lowest BCUT2D eigenvalue weighted by atomic mass is 10.2. The number of aromatic nitrogens is 2. The fourth-order valence-electron chi connectivity index (χ4n) is 0.956. The molecule has 0 unspecified atom stereocenters. The van der Waals surface area contributed by atoms with Crippen molar-refractivity contribution in [1.29, 1.82) is 0 Å². The highest BCUT2D eigenvalue weighted by molar-refractivity contribution is 6.32. The Morgan fingerprint density at radius 2 is 1.94 bits per heavy atom. The largest absolute Gasteiger partial charge is 0.443 e. The first-order valence-corrected chi connectivity index (χ1v) is 5.12. The number of ether oxygens (including phenoxy) is 1. The minimum Gasteiger partial charge on any atom is -0.443 e. The van der Waals surface area contributed by atoms with Crippen molar-refractivity contribution < 1.29 is 9.53 Å². The smallest absolute Gasteiger partial charge is 0.415 e. The Kier molecular flexibility index (Phi) is 3.70. The standard InChI is InChI=1S/C10H14ClN3O2/c1-10(2,3)16-9(15)14(4)8-7(11)12-5-6-13-8/h5-6H,1-4H3. The van der Waals surface area contributed by atoms with Gasteiger partial charge in [0, 0.05) is 19.4 Å². The molecule has 0 aromatic carbocycles. The van der Waals surface area contributed by atoms with Crippen molar-refractivity contribution in [3.05, 3.63) is 17.5 Å². The molecule has 1 rings (SSSR count). The van der Waals surface area contributed by atoms with Crippen LogP contribution in [0.4, 0.5) is 10.6 Å². The minimum atomic E-state index is -0.556. The molecular weight excluding hydrogens is 230 g/mol. The van der Waals surface area contributed by atoms with Gasteiger partial charge in [-0.1, -0.05) is 11.6 Å². The summed E-state index contributed by atoms with van der Waals surface area (Å²) in [4.78, 5) is 20.7. The zero-order valence-electron chi connectivity index (χ0n) is 9.69. The van der Waals surface area contributed by atoms with Gasteiger partial charge < -0.3 is 4.74 Å². The van der Waals surface area contributed by atoms with Crippen LogP contribution in [0.15, 0.2) is 12.4 Å². The van der Waals surface area contributed by atoms with Gasteiger partial charge in [-0.05, 0) is 20.8 Å². The summed E-state index contributed by atoms with van der Waals surface area (Å²) in [6.07, 6.45) is 2.39. The van der Waals surface area contributed by atoms with Gasteiger partial charge in [0.25, 0.3) is 0 Å². The van der Waals surface area contributed by atoms with Crippen LogP contribution < -0.4 is 4.90 Å². The number of halogens is 1. The predicted octanol–water partition coefficient (Wildman–Crippen LogP) is 2.50. The highest BCUT2D eigenvalue weighted by atomic mass is 35.5. The lowest BCUT2D eigenvalue weighted by Crippen LogP contribution is -2.34.